The Bertz CT molecular complexity index is 338. The van der Waals surface area contributed by atoms with Crippen molar-refractivity contribution in [1.29, 1.82) is 0 Å². The molecule has 0 bridgehead atoms. The lowest BCUT2D eigenvalue weighted by Gasteiger charge is -2.18. The van der Waals surface area contributed by atoms with Gasteiger partial charge in [0.05, 0.1) is 7.11 Å². The van der Waals surface area contributed by atoms with Gasteiger partial charge >= 0.3 is 8.25 Å². The largest absolute Gasteiger partial charge is 0.749 e. The van der Waals surface area contributed by atoms with E-state index in [1.807, 2.05) is 12.1 Å². The van der Waals surface area contributed by atoms with Crippen LogP contribution in [0.25, 0.3) is 0 Å². The van der Waals surface area contributed by atoms with Crippen molar-refractivity contribution in [2.24, 2.45) is 0 Å². The Labute approximate surface area is 91.4 Å². The maximum absolute atomic E-state index is 11.0. The topological polar surface area (TPSA) is 35.5 Å². The van der Waals surface area contributed by atoms with Crippen LogP contribution in [-0.4, -0.2) is 7.11 Å². The van der Waals surface area contributed by atoms with E-state index in [-0.39, 0.29) is 5.41 Å². The zero-order valence-electron chi connectivity index (χ0n) is 9.48. The quantitative estimate of drug-likeness (QED) is 0.739. The van der Waals surface area contributed by atoms with Crippen LogP contribution >= 0.6 is 8.25 Å². The van der Waals surface area contributed by atoms with E-state index in [0.29, 0.717) is 5.75 Å². The van der Waals surface area contributed by atoms with Gasteiger partial charge in [0, 0.05) is 4.57 Å². The molecule has 0 aliphatic heterocycles. The summed E-state index contributed by atoms with van der Waals surface area (Å²) in [5.74, 6) is 0.561. The molecule has 82 valence electrons. The van der Waals surface area contributed by atoms with Gasteiger partial charge in [0.25, 0.3) is 0 Å². The second-order valence-corrected chi connectivity index (χ2v) is 5.27. The Hall–Kier alpha value is -0.920. The summed E-state index contributed by atoms with van der Waals surface area (Å²) in [7, 11) is -0.693. The number of benzene rings is 1. The Morgan fingerprint density at radius 3 is 2.07 bits per heavy atom. The third kappa shape index (κ3) is 3.61. The molecule has 1 aromatic carbocycles. The van der Waals surface area contributed by atoms with Crippen molar-refractivity contribution >= 4 is 8.25 Å². The van der Waals surface area contributed by atoms with Gasteiger partial charge in [0.1, 0.15) is 0 Å². The summed E-state index contributed by atoms with van der Waals surface area (Å²) in [6.45, 7) is 6.41. The van der Waals surface area contributed by atoms with Gasteiger partial charge in [-0.05, 0) is 23.1 Å². The Balaban J connectivity index is 2.77. The molecular weight excluding hydrogens is 211 g/mol. The van der Waals surface area contributed by atoms with Crippen molar-refractivity contribution in [2.45, 2.75) is 26.2 Å². The highest BCUT2D eigenvalue weighted by atomic mass is 31.1. The average Bonchev–Trinajstić information content (AvgIpc) is 2.17. The molecule has 0 spiro atoms. The number of hydrogen-bond acceptors (Lipinski definition) is 3. The summed E-state index contributed by atoms with van der Waals surface area (Å²) in [6, 6.07) is 7.53. The van der Waals surface area contributed by atoms with Crippen LogP contribution in [0.1, 0.15) is 26.3 Å². The second kappa shape index (κ2) is 4.73. The smallest absolute Gasteiger partial charge is 0.229 e. The maximum Gasteiger partial charge on any atom is 0.749 e. The van der Waals surface area contributed by atoms with E-state index in [1.165, 1.54) is 12.7 Å². The Kier molecular flexibility index (Phi) is 3.83. The Morgan fingerprint density at radius 1 is 1.13 bits per heavy atom. The summed E-state index contributed by atoms with van der Waals surface area (Å²) in [5.41, 5.74) is 1.32. The standard InChI is InChI=1S/C11H16O3P/c1-11(2,3)9-5-7-10(8-6-9)14-15(12)13-4/h5-8H,1-4H3/q+1. The highest BCUT2D eigenvalue weighted by molar-refractivity contribution is 7.33. The maximum atomic E-state index is 11.0. The minimum atomic E-state index is -2.04. The van der Waals surface area contributed by atoms with Crippen LogP contribution in [0.15, 0.2) is 24.3 Å². The van der Waals surface area contributed by atoms with Crippen LogP contribution in [0.3, 0.4) is 0 Å². The zero-order chi connectivity index (χ0) is 11.5. The molecule has 0 saturated heterocycles. The molecule has 0 fully saturated rings. The first kappa shape index (κ1) is 12.2. The summed E-state index contributed by atoms with van der Waals surface area (Å²) in [5, 5.41) is 0. The molecule has 0 radical (unpaired) electrons. The van der Waals surface area contributed by atoms with Crippen LogP contribution in [0.4, 0.5) is 0 Å². The van der Waals surface area contributed by atoms with E-state index in [4.69, 9.17) is 4.52 Å². The summed E-state index contributed by atoms with van der Waals surface area (Å²) >= 11 is 0. The number of rotatable bonds is 3. The summed E-state index contributed by atoms with van der Waals surface area (Å²) < 4.78 is 20.5. The first-order valence-electron chi connectivity index (χ1n) is 4.73. The zero-order valence-corrected chi connectivity index (χ0v) is 10.4. The fourth-order valence-electron chi connectivity index (χ4n) is 1.14. The van der Waals surface area contributed by atoms with Gasteiger partial charge in [-0.25, -0.2) is 4.52 Å². The lowest BCUT2D eigenvalue weighted by Crippen LogP contribution is -2.10. The molecule has 1 rings (SSSR count). The van der Waals surface area contributed by atoms with E-state index in [9.17, 15) is 4.57 Å². The third-order valence-corrected chi connectivity index (χ3v) is 2.71. The molecule has 0 heterocycles. The van der Waals surface area contributed by atoms with Crippen LogP contribution in [0.2, 0.25) is 0 Å². The minimum absolute atomic E-state index is 0.113. The van der Waals surface area contributed by atoms with Gasteiger partial charge in [-0.2, -0.15) is 0 Å². The molecule has 0 aliphatic rings. The van der Waals surface area contributed by atoms with Gasteiger partial charge in [-0.15, -0.1) is 4.52 Å². The molecule has 0 aliphatic carbocycles. The Morgan fingerprint density at radius 2 is 1.67 bits per heavy atom. The van der Waals surface area contributed by atoms with Crippen LogP contribution < -0.4 is 4.52 Å². The lowest BCUT2D eigenvalue weighted by atomic mass is 9.87. The molecule has 1 aromatic rings. The van der Waals surface area contributed by atoms with E-state index < -0.39 is 8.25 Å². The first-order chi connectivity index (χ1) is 6.93. The molecule has 0 saturated carbocycles. The lowest BCUT2D eigenvalue weighted by molar-refractivity contribution is 0.349. The highest BCUT2D eigenvalue weighted by Crippen LogP contribution is 2.29. The first-order valence-corrected chi connectivity index (χ1v) is 5.83. The van der Waals surface area contributed by atoms with Gasteiger partial charge in [0.15, 0.2) is 5.75 Å². The molecule has 0 amide bonds. The molecule has 0 aromatic heterocycles. The summed E-state index contributed by atoms with van der Waals surface area (Å²) in [4.78, 5) is 0. The van der Waals surface area contributed by atoms with Gasteiger partial charge in [-0.3, -0.25) is 0 Å². The normalized spacial score (nSPS) is 12.4. The molecule has 3 nitrogen and oxygen atoms in total. The molecular formula is C11H16O3P+. The predicted octanol–water partition coefficient (Wildman–Crippen LogP) is 3.67. The van der Waals surface area contributed by atoms with Crippen molar-refractivity contribution in [3.05, 3.63) is 29.8 Å². The molecule has 4 heteroatoms. The predicted molar refractivity (Wildman–Crippen MR) is 60.4 cm³/mol. The van der Waals surface area contributed by atoms with E-state index in [1.54, 1.807) is 12.1 Å². The van der Waals surface area contributed by atoms with Crippen molar-refractivity contribution in [3.8, 4) is 5.75 Å². The average molecular weight is 227 g/mol. The second-order valence-electron chi connectivity index (χ2n) is 4.27. The van der Waals surface area contributed by atoms with Crippen LogP contribution in [-0.2, 0) is 14.5 Å². The van der Waals surface area contributed by atoms with Crippen molar-refractivity contribution in [3.63, 3.8) is 0 Å². The van der Waals surface area contributed by atoms with E-state index >= 15 is 0 Å². The van der Waals surface area contributed by atoms with Crippen LogP contribution in [0.5, 0.6) is 5.75 Å². The van der Waals surface area contributed by atoms with Gasteiger partial charge in [0.2, 0.25) is 0 Å². The van der Waals surface area contributed by atoms with Gasteiger partial charge in [-0.1, -0.05) is 32.9 Å². The van der Waals surface area contributed by atoms with Crippen LogP contribution in [0, 0.1) is 0 Å². The molecule has 15 heavy (non-hydrogen) atoms. The van der Waals surface area contributed by atoms with Crippen molar-refractivity contribution < 1.29 is 13.6 Å². The fraction of sp³-hybridized carbons (Fsp3) is 0.455. The monoisotopic (exact) mass is 227 g/mol. The van der Waals surface area contributed by atoms with Crippen molar-refractivity contribution in [1.82, 2.24) is 0 Å². The van der Waals surface area contributed by atoms with Gasteiger partial charge < -0.3 is 0 Å². The SMILES string of the molecule is CO[P+](=O)Oc1ccc(C(C)(C)C)cc1. The third-order valence-electron chi connectivity index (χ3n) is 2.05. The highest BCUT2D eigenvalue weighted by Gasteiger charge is 2.19. The van der Waals surface area contributed by atoms with E-state index in [0.717, 1.165) is 0 Å². The molecule has 1 unspecified atom stereocenters. The molecule has 0 N–H and O–H groups in total. The molecule has 1 atom stereocenters. The van der Waals surface area contributed by atoms with E-state index in [2.05, 4.69) is 25.3 Å². The number of hydrogen-bond donors (Lipinski definition) is 0. The van der Waals surface area contributed by atoms with Crippen molar-refractivity contribution in [2.75, 3.05) is 7.11 Å². The fourth-order valence-corrected chi connectivity index (χ4v) is 1.51. The summed E-state index contributed by atoms with van der Waals surface area (Å²) in [6.07, 6.45) is 0. The minimum Gasteiger partial charge on any atom is -0.229 e.